The molecule has 0 bridgehead atoms. The van der Waals surface area contributed by atoms with Gasteiger partial charge in [-0.15, -0.1) is 0 Å². The van der Waals surface area contributed by atoms with Gasteiger partial charge in [0.15, 0.2) is 0 Å². The third kappa shape index (κ3) is 1.79. The zero-order valence-corrected chi connectivity index (χ0v) is 10.8. The number of hydrogen-bond acceptors (Lipinski definition) is 0. The van der Waals surface area contributed by atoms with Crippen LogP contribution in [0, 0.1) is 6.20 Å². The molecule has 0 aliphatic rings. The van der Waals surface area contributed by atoms with Gasteiger partial charge >= 0.3 is 0 Å². The minimum Gasteiger partial charge on any atom is -0.342 e. The van der Waals surface area contributed by atoms with Gasteiger partial charge in [-0.2, -0.15) is 0 Å². The summed E-state index contributed by atoms with van der Waals surface area (Å²) in [4.78, 5) is 0. The maximum atomic E-state index is 3.54. The van der Waals surface area contributed by atoms with Gasteiger partial charge in [0.05, 0.1) is 6.20 Å². The van der Waals surface area contributed by atoms with E-state index in [0.717, 1.165) is 14.6 Å². The first kappa shape index (κ1) is 9.99. The fourth-order valence-electron chi connectivity index (χ4n) is 1.37. The predicted octanol–water partition coefficient (Wildman–Crippen LogP) is 4.02. The van der Waals surface area contributed by atoms with Crippen LogP contribution in [0.1, 0.15) is 0 Å². The fraction of sp³-hybridized carbons (Fsp3) is 0.0909. The number of aryl methyl sites for hydroxylation is 1. The van der Waals surface area contributed by atoms with E-state index >= 15 is 0 Å². The van der Waals surface area contributed by atoms with E-state index in [9.17, 15) is 0 Å². The lowest BCUT2D eigenvalue weighted by Gasteiger charge is -2.06. The largest absolute Gasteiger partial charge is 0.342 e. The Morgan fingerprint density at radius 1 is 1.21 bits per heavy atom. The van der Waals surface area contributed by atoms with Crippen molar-refractivity contribution in [2.24, 2.45) is 7.05 Å². The Labute approximate surface area is 100 Å². The summed E-state index contributed by atoms with van der Waals surface area (Å²) < 4.78 is 4.15. The van der Waals surface area contributed by atoms with Crippen LogP contribution in [0.25, 0.3) is 11.3 Å². The number of hydrogen-bond donors (Lipinski definition) is 0. The Balaban J connectivity index is 2.62. The topological polar surface area (TPSA) is 4.93 Å². The molecule has 1 radical (unpaired) electrons. The molecule has 0 unspecified atom stereocenters. The summed E-state index contributed by atoms with van der Waals surface area (Å²) in [5.74, 6) is 0. The highest BCUT2D eigenvalue weighted by atomic mass is 79.9. The van der Waals surface area contributed by atoms with Gasteiger partial charge in [0, 0.05) is 27.3 Å². The van der Waals surface area contributed by atoms with E-state index in [1.807, 2.05) is 35.9 Å². The Morgan fingerprint density at radius 3 is 2.64 bits per heavy atom. The SMILES string of the molecule is Cn1[c]ccc1-c1cc(Br)ccc1Br. The minimum atomic E-state index is 1.08. The summed E-state index contributed by atoms with van der Waals surface area (Å²) in [7, 11) is 1.99. The molecular weight excluding hydrogens is 306 g/mol. The molecular formula is C11H8Br2N. The van der Waals surface area contributed by atoms with Crippen molar-refractivity contribution in [3.63, 3.8) is 0 Å². The molecule has 2 aromatic rings. The summed E-state index contributed by atoms with van der Waals surface area (Å²) in [6.07, 6.45) is 3.09. The quantitative estimate of drug-likeness (QED) is 0.749. The van der Waals surface area contributed by atoms with Gasteiger partial charge in [0.1, 0.15) is 0 Å². The Hall–Kier alpha value is -0.540. The van der Waals surface area contributed by atoms with E-state index < -0.39 is 0 Å². The molecule has 14 heavy (non-hydrogen) atoms. The molecule has 3 heteroatoms. The van der Waals surface area contributed by atoms with Crippen LogP contribution < -0.4 is 0 Å². The Morgan fingerprint density at radius 2 is 2.00 bits per heavy atom. The highest BCUT2D eigenvalue weighted by Crippen LogP contribution is 2.30. The van der Waals surface area contributed by atoms with E-state index in [2.05, 4.69) is 44.1 Å². The second-order valence-corrected chi connectivity index (χ2v) is 4.80. The van der Waals surface area contributed by atoms with E-state index in [1.54, 1.807) is 0 Å². The highest BCUT2D eigenvalue weighted by molar-refractivity contribution is 9.11. The smallest absolute Gasteiger partial charge is 0.0650 e. The van der Waals surface area contributed by atoms with Gasteiger partial charge in [-0.05, 0) is 30.3 Å². The molecule has 0 aliphatic heterocycles. The molecule has 71 valence electrons. The van der Waals surface area contributed by atoms with Crippen LogP contribution in [0.15, 0.2) is 39.3 Å². The lowest BCUT2D eigenvalue weighted by Crippen LogP contribution is -1.90. The average Bonchev–Trinajstić information content (AvgIpc) is 2.56. The molecule has 1 aromatic carbocycles. The first-order valence-corrected chi connectivity index (χ1v) is 5.76. The molecule has 2 rings (SSSR count). The van der Waals surface area contributed by atoms with Crippen LogP contribution >= 0.6 is 31.9 Å². The third-order valence-corrected chi connectivity index (χ3v) is 3.26. The lowest BCUT2D eigenvalue weighted by molar-refractivity contribution is 0.927. The van der Waals surface area contributed by atoms with Crippen molar-refractivity contribution >= 4 is 31.9 Å². The normalized spacial score (nSPS) is 10.5. The number of halogens is 2. The van der Waals surface area contributed by atoms with Crippen molar-refractivity contribution in [1.82, 2.24) is 4.57 Å². The molecule has 0 amide bonds. The van der Waals surface area contributed by atoms with Gasteiger partial charge in [0.2, 0.25) is 0 Å². The molecule has 0 fully saturated rings. The molecule has 0 saturated carbocycles. The minimum absolute atomic E-state index is 1.08. The highest BCUT2D eigenvalue weighted by Gasteiger charge is 2.06. The molecule has 1 heterocycles. The van der Waals surface area contributed by atoms with Gasteiger partial charge in [-0.1, -0.05) is 31.9 Å². The fourth-order valence-corrected chi connectivity index (χ4v) is 2.18. The number of rotatable bonds is 1. The van der Waals surface area contributed by atoms with Crippen molar-refractivity contribution in [2.75, 3.05) is 0 Å². The molecule has 0 atom stereocenters. The zero-order valence-electron chi connectivity index (χ0n) is 7.59. The zero-order chi connectivity index (χ0) is 10.1. The molecule has 0 saturated heterocycles. The summed E-state index contributed by atoms with van der Waals surface area (Å²) in [6, 6.07) is 10.1. The Kier molecular flexibility index (Phi) is 2.79. The van der Waals surface area contributed by atoms with Crippen LogP contribution in [-0.2, 0) is 7.05 Å². The van der Waals surface area contributed by atoms with Crippen LogP contribution in [0.5, 0.6) is 0 Å². The summed E-state index contributed by atoms with van der Waals surface area (Å²) in [6.45, 7) is 0. The van der Waals surface area contributed by atoms with Crippen molar-refractivity contribution in [2.45, 2.75) is 0 Å². The third-order valence-electron chi connectivity index (χ3n) is 2.08. The second-order valence-electron chi connectivity index (χ2n) is 3.03. The standard InChI is InChI=1S/C11H8Br2N/c1-14-6-2-3-11(14)9-7-8(12)4-5-10(9)13/h2-5,7H,1H3. The summed E-state index contributed by atoms with van der Waals surface area (Å²) in [5.41, 5.74) is 2.32. The van der Waals surface area contributed by atoms with E-state index in [1.165, 1.54) is 5.56 Å². The second kappa shape index (κ2) is 3.91. The monoisotopic (exact) mass is 312 g/mol. The van der Waals surface area contributed by atoms with E-state index in [4.69, 9.17) is 0 Å². The predicted molar refractivity (Wildman–Crippen MR) is 65.1 cm³/mol. The average molecular weight is 314 g/mol. The van der Waals surface area contributed by atoms with Gasteiger partial charge in [-0.25, -0.2) is 0 Å². The van der Waals surface area contributed by atoms with Crippen LogP contribution in [0.3, 0.4) is 0 Å². The summed E-state index contributed by atoms with van der Waals surface area (Å²) >= 11 is 7.00. The maximum Gasteiger partial charge on any atom is 0.0650 e. The van der Waals surface area contributed by atoms with Crippen molar-refractivity contribution in [3.05, 3.63) is 45.5 Å². The van der Waals surface area contributed by atoms with Gasteiger partial charge in [0.25, 0.3) is 0 Å². The van der Waals surface area contributed by atoms with Crippen LogP contribution in [0.4, 0.5) is 0 Å². The number of aromatic nitrogens is 1. The van der Waals surface area contributed by atoms with E-state index in [0.29, 0.717) is 0 Å². The molecule has 0 aliphatic carbocycles. The lowest BCUT2D eigenvalue weighted by atomic mass is 10.1. The van der Waals surface area contributed by atoms with Crippen molar-refractivity contribution in [3.8, 4) is 11.3 Å². The maximum absolute atomic E-state index is 3.54. The van der Waals surface area contributed by atoms with Crippen molar-refractivity contribution < 1.29 is 0 Å². The molecule has 0 spiro atoms. The Bertz CT molecular complexity index is 460. The van der Waals surface area contributed by atoms with Gasteiger partial charge in [-0.3, -0.25) is 0 Å². The van der Waals surface area contributed by atoms with Gasteiger partial charge < -0.3 is 4.57 Å². The molecule has 1 aromatic heterocycles. The number of nitrogens with zero attached hydrogens (tertiary/aromatic N) is 1. The molecule has 0 N–H and O–H groups in total. The van der Waals surface area contributed by atoms with Crippen LogP contribution in [-0.4, -0.2) is 4.57 Å². The van der Waals surface area contributed by atoms with Crippen LogP contribution in [0.2, 0.25) is 0 Å². The molecule has 1 nitrogen and oxygen atoms in total. The first-order chi connectivity index (χ1) is 6.68. The van der Waals surface area contributed by atoms with Crippen molar-refractivity contribution in [1.29, 1.82) is 0 Å². The summed E-state index contributed by atoms with van der Waals surface area (Å²) in [5, 5.41) is 0. The van der Waals surface area contributed by atoms with E-state index in [-0.39, 0.29) is 0 Å². The first-order valence-electron chi connectivity index (χ1n) is 4.17. The number of benzene rings is 1.